The van der Waals surface area contributed by atoms with Gasteiger partial charge in [0.1, 0.15) is 11.6 Å². The van der Waals surface area contributed by atoms with Crippen molar-refractivity contribution in [2.45, 2.75) is 45.6 Å². The zero-order chi connectivity index (χ0) is 16.2. The van der Waals surface area contributed by atoms with Crippen molar-refractivity contribution in [3.8, 4) is 0 Å². The summed E-state index contributed by atoms with van der Waals surface area (Å²) in [7, 11) is 0. The first-order chi connectivity index (χ1) is 11.2. The van der Waals surface area contributed by atoms with Gasteiger partial charge in [0.25, 0.3) is 0 Å². The molecule has 1 aliphatic heterocycles. The standard InChI is InChI=1S/C19H23N3O/c1-3-16-12-19(21-14(2)20-16)22-11-7-10-17(22)13-18(23)15-8-5-4-6-9-15/h4-6,8-9,12,17H,3,7,10-11,13H2,1-2H3. The van der Waals surface area contributed by atoms with Gasteiger partial charge in [0.15, 0.2) is 5.78 Å². The van der Waals surface area contributed by atoms with Crippen molar-refractivity contribution in [2.75, 3.05) is 11.4 Å². The highest BCUT2D eigenvalue weighted by Gasteiger charge is 2.28. The van der Waals surface area contributed by atoms with Crippen molar-refractivity contribution in [1.82, 2.24) is 9.97 Å². The first kappa shape index (κ1) is 15.7. The number of carbonyl (C=O) groups is 1. The van der Waals surface area contributed by atoms with E-state index in [1.54, 1.807) is 0 Å². The SMILES string of the molecule is CCc1cc(N2CCCC2CC(=O)c2ccccc2)nc(C)n1. The van der Waals surface area contributed by atoms with Crippen LogP contribution >= 0.6 is 0 Å². The van der Waals surface area contributed by atoms with Crippen LogP contribution in [-0.2, 0) is 6.42 Å². The lowest BCUT2D eigenvalue weighted by atomic mass is 10.0. The third-order valence-electron chi connectivity index (χ3n) is 4.43. The molecule has 0 radical (unpaired) electrons. The Kier molecular flexibility index (Phi) is 4.70. The molecule has 4 nitrogen and oxygen atoms in total. The largest absolute Gasteiger partial charge is 0.353 e. The van der Waals surface area contributed by atoms with E-state index in [4.69, 9.17) is 0 Å². The van der Waals surface area contributed by atoms with E-state index in [0.717, 1.165) is 48.7 Å². The molecule has 1 aromatic carbocycles. The minimum Gasteiger partial charge on any atom is -0.353 e. The summed E-state index contributed by atoms with van der Waals surface area (Å²) in [5.41, 5.74) is 1.86. The lowest BCUT2D eigenvalue weighted by Crippen LogP contribution is -2.32. The van der Waals surface area contributed by atoms with Gasteiger partial charge in [0.05, 0.1) is 0 Å². The van der Waals surface area contributed by atoms with Crippen LogP contribution in [0.1, 0.15) is 48.1 Å². The normalized spacial score (nSPS) is 17.5. The molecule has 0 N–H and O–H groups in total. The summed E-state index contributed by atoms with van der Waals surface area (Å²) in [4.78, 5) is 23.8. The van der Waals surface area contributed by atoms with Gasteiger partial charge in [-0.05, 0) is 26.2 Å². The Bertz CT molecular complexity index is 684. The Morgan fingerprint density at radius 1 is 1.26 bits per heavy atom. The van der Waals surface area contributed by atoms with Crippen molar-refractivity contribution in [3.63, 3.8) is 0 Å². The number of hydrogen-bond acceptors (Lipinski definition) is 4. The van der Waals surface area contributed by atoms with Gasteiger partial charge in [0.2, 0.25) is 0 Å². The molecular weight excluding hydrogens is 286 g/mol. The van der Waals surface area contributed by atoms with E-state index in [0.29, 0.717) is 6.42 Å². The van der Waals surface area contributed by atoms with Crippen molar-refractivity contribution in [3.05, 3.63) is 53.5 Å². The number of aryl methyl sites for hydroxylation is 2. The molecule has 4 heteroatoms. The van der Waals surface area contributed by atoms with Gasteiger partial charge < -0.3 is 4.90 Å². The average molecular weight is 309 g/mol. The quantitative estimate of drug-likeness (QED) is 0.792. The van der Waals surface area contributed by atoms with Gasteiger partial charge in [0, 0.05) is 36.3 Å². The minimum absolute atomic E-state index is 0.212. The lowest BCUT2D eigenvalue weighted by Gasteiger charge is -2.26. The lowest BCUT2D eigenvalue weighted by molar-refractivity contribution is 0.0974. The van der Waals surface area contributed by atoms with E-state index in [9.17, 15) is 4.79 Å². The zero-order valence-corrected chi connectivity index (χ0v) is 13.8. The number of nitrogens with zero attached hydrogens (tertiary/aromatic N) is 3. The van der Waals surface area contributed by atoms with Crippen LogP contribution in [0.15, 0.2) is 36.4 Å². The molecule has 1 aliphatic rings. The molecule has 2 heterocycles. The van der Waals surface area contributed by atoms with Crippen LogP contribution < -0.4 is 4.90 Å². The molecule has 0 saturated carbocycles. The molecule has 0 amide bonds. The van der Waals surface area contributed by atoms with E-state index < -0.39 is 0 Å². The predicted molar refractivity (Wildman–Crippen MR) is 91.9 cm³/mol. The van der Waals surface area contributed by atoms with Gasteiger partial charge in [-0.2, -0.15) is 0 Å². The van der Waals surface area contributed by atoms with E-state index in [-0.39, 0.29) is 11.8 Å². The van der Waals surface area contributed by atoms with E-state index >= 15 is 0 Å². The maximum atomic E-state index is 12.5. The molecular formula is C19H23N3O. The van der Waals surface area contributed by atoms with Crippen LogP contribution in [0, 0.1) is 6.92 Å². The van der Waals surface area contributed by atoms with Crippen molar-refractivity contribution in [1.29, 1.82) is 0 Å². The third-order valence-corrected chi connectivity index (χ3v) is 4.43. The number of rotatable bonds is 5. The molecule has 3 rings (SSSR count). The fraction of sp³-hybridized carbons (Fsp3) is 0.421. The summed E-state index contributed by atoms with van der Waals surface area (Å²) in [6.07, 6.45) is 3.60. The maximum absolute atomic E-state index is 12.5. The highest BCUT2D eigenvalue weighted by Crippen LogP contribution is 2.27. The molecule has 2 aromatic rings. The molecule has 1 unspecified atom stereocenters. The number of aromatic nitrogens is 2. The molecule has 0 aliphatic carbocycles. The highest BCUT2D eigenvalue weighted by molar-refractivity contribution is 5.96. The van der Waals surface area contributed by atoms with Gasteiger partial charge in [-0.15, -0.1) is 0 Å². The van der Waals surface area contributed by atoms with Crippen LogP contribution in [-0.4, -0.2) is 28.3 Å². The minimum atomic E-state index is 0.212. The maximum Gasteiger partial charge on any atom is 0.164 e. The number of ketones is 1. The number of carbonyl (C=O) groups excluding carboxylic acids is 1. The monoisotopic (exact) mass is 309 g/mol. The smallest absolute Gasteiger partial charge is 0.164 e. The number of benzene rings is 1. The summed E-state index contributed by atoms with van der Waals surface area (Å²) in [6.45, 7) is 5.00. The van der Waals surface area contributed by atoms with Crippen molar-refractivity contribution in [2.24, 2.45) is 0 Å². The van der Waals surface area contributed by atoms with Crippen LogP contribution in [0.4, 0.5) is 5.82 Å². The van der Waals surface area contributed by atoms with E-state index in [2.05, 4.69) is 27.9 Å². The van der Waals surface area contributed by atoms with Gasteiger partial charge in [-0.3, -0.25) is 4.79 Å². The summed E-state index contributed by atoms with van der Waals surface area (Å²) in [5.74, 6) is 1.99. The molecule has 120 valence electrons. The van der Waals surface area contributed by atoms with Gasteiger partial charge in [-0.25, -0.2) is 9.97 Å². The van der Waals surface area contributed by atoms with Gasteiger partial charge >= 0.3 is 0 Å². The van der Waals surface area contributed by atoms with Crippen LogP contribution in [0.3, 0.4) is 0 Å². The fourth-order valence-electron chi connectivity index (χ4n) is 3.25. The molecule has 1 saturated heterocycles. The molecule has 1 fully saturated rings. The fourth-order valence-corrected chi connectivity index (χ4v) is 3.25. The number of hydrogen-bond donors (Lipinski definition) is 0. The summed E-state index contributed by atoms with van der Waals surface area (Å²) in [5, 5.41) is 0. The van der Waals surface area contributed by atoms with Crippen LogP contribution in [0.2, 0.25) is 0 Å². The van der Waals surface area contributed by atoms with Crippen LogP contribution in [0.5, 0.6) is 0 Å². The van der Waals surface area contributed by atoms with Crippen molar-refractivity contribution >= 4 is 11.6 Å². The molecule has 0 spiro atoms. The second-order valence-corrected chi connectivity index (χ2v) is 6.10. The molecule has 23 heavy (non-hydrogen) atoms. The topological polar surface area (TPSA) is 46.1 Å². The molecule has 0 bridgehead atoms. The Labute approximate surface area is 137 Å². The summed E-state index contributed by atoms with van der Waals surface area (Å²) >= 11 is 0. The van der Waals surface area contributed by atoms with E-state index in [1.165, 1.54) is 0 Å². The summed E-state index contributed by atoms with van der Waals surface area (Å²) in [6, 6.07) is 11.9. The summed E-state index contributed by atoms with van der Waals surface area (Å²) < 4.78 is 0. The Hall–Kier alpha value is -2.23. The Balaban J connectivity index is 1.78. The second-order valence-electron chi connectivity index (χ2n) is 6.10. The van der Waals surface area contributed by atoms with Gasteiger partial charge in [-0.1, -0.05) is 37.3 Å². The predicted octanol–water partition coefficient (Wildman–Crippen LogP) is 3.59. The molecule has 1 aromatic heterocycles. The second kappa shape index (κ2) is 6.90. The zero-order valence-electron chi connectivity index (χ0n) is 13.8. The number of anilines is 1. The average Bonchev–Trinajstić information content (AvgIpc) is 3.03. The number of Topliss-reactive ketones (excluding diaryl/α,β-unsaturated/α-hetero) is 1. The Morgan fingerprint density at radius 2 is 2.04 bits per heavy atom. The highest BCUT2D eigenvalue weighted by atomic mass is 16.1. The Morgan fingerprint density at radius 3 is 2.78 bits per heavy atom. The first-order valence-electron chi connectivity index (χ1n) is 8.37. The third kappa shape index (κ3) is 3.58. The van der Waals surface area contributed by atoms with Crippen molar-refractivity contribution < 1.29 is 4.79 Å². The van der Waals surface area contributed by atoms with E-state index in [1.807, 2.05) is 37.3 Å². The molecule has 1 atom stereocenters. The van der Waals surface area contributed by atoms with Crippen LogP contribution in [0.25, 0.3) is 0 Å². The first-order valence-corrected chi connectivity index (χ1v) is 8.37.